The van der Waals surface area contributed by atoms with Crippen LogP contribution in [0.3, 0.4) is 0 Å². The largest absolute Gasteiger partial charge is 0.463 e. The number of aromatic amines is 1. The first-order chi connectivity index (χ1) is 14.5. The lowest BCUT2D eigenvalue weighted by atomic mass is 9.80. The van der Waals surface area contributed by atoms with Gasteiger partial charge >= 0.3 is 5.97 Å². The minimum Gasteiger partial charge on any atom is -0.463 e. The number of rotatable bonds is 5. The van der Waals surface area contributed by atoms with Gasteiger partial charge in [-0.15, -0.1) is 0 Å². The van der Waals surface area contributed by atoms with Crippen LogP contribution < -0.4 is 5.32 Å². The van der Waals surface area contributed by atoms with Crippen LogP contribution in [0.1, 0.15) is 30.9 Å². The number of H-pyrrole nitrogens is 1. The number of allylic oxidation sites excluding steroid dienone is 1. The highest BCUT2D eigenvalue weighted by molar-refractivity contribution is 5.95. The van der Waals surface area contributed by atoms with Gasteiger partial charge in [-0.25, -0.2) is 4.79 Å². The SMILES string of the molecule is CCOC(=O)C1=C(C)Nc2[nH]nc(-c3ccccc3)c2C1c1cccc([N+](=O)[O-])c1. The molecule has 0 radical (unpaired) electrons. The predicted molar refractivity (Wildman–Crippen MR) is 112 cm³/mol. The maximum absolute atomic E-state index is 12.9. The van der Waals surface area contributed by atoms with E-state index in [-0.39, 0.29) is 12.3 Å². The minimum absolute atomic E-state index is 0.0433. The summed E-state index contributed by atoms with van der Waals surface area (Å²) in [7, 11) is 0. The van der Waals surface area contributed by atoms with E-state index in [1.165, 1.54) is 12.1 Å². The summed E-state index contributed by atoms with van der Waals surface area (Å²) in [5.41, 5.74) is 3.88. The van der Waals surface area contributed by atoms with Crippen molar-refractivity contribution in [2.24, 2.45) is 0 Å². The molecule has 0 saturated heterocycles. The molecule has 0 aliphatic carbocycles. The Bertz CT molecular complexity index is 1150. The van der Waals surface area contributed by atoms with E-state index in [9.17, 15) is 14.9 Å². The average molecular weight is 404 g/mol. The third kappa shape index (κ3) is 3.32. The molecule has 0 amide bonds. The number of nitro groups is 1. The van der Waals surface area contributed by atoms with Crippen LogP contribution in [-0.4, -0.2) is 27.7 Å². The summed E-state index contributed by atoms with van der Waals surface area (Å²) in [6.07, 6.45) is 0. The Morgan fingerprint density at radius 1 is 1.20 bits per heavy atom. The number of aromatic nitrogens is 2. The monoisotopic (exact) mass is 404 g/mol. The molecule has 1 aliphatic rings. The number of non-ortho nitro benzene ring substituents is 1. The third-order valence-electron chi connectivity index (χ3n) is 5.05. The smallest absolute Gasteiger partial charge is 0.336 e. The number of anilines is 1. The number of carbonyl (C=O) groups excluding carboxylic acids is 1. The average Bonchev–Trinajstić information content (AvgIpc) is 3.17. The summed E-state index contributed by atoms with van der Waals surface area (Å²) in [6, 6.07) is 15.9. The maximum atomic E-state index is 12.9. The zero-order valence-corrected chi connectivity index (χ0v) is 16.5. The van der Waals surface area contributed by atoms with E-state index in [4.69, 9.17) is 4.74 Å². The van der Waals surface area contributed by atoms with Gasteiger partial charge in [-0.05, 0) is 19.4 Å². The standard InChI is InChI=1S/C22H20N4O4/c1-3-30-22(27)17-13(2)23-21-19(20(24-25-21)14-8-5-4-6-9-14)18(17)15-10-7-11-16(12-15)26(28)29/h4-12,18H,3H2,1-2H3,(H2,23,24,25). The summed E-state index contributed by atoms with van der Waals surface area (Å²) in [6.45, 7) is 3.74. The lowest BCUT2D eigenvalue weighted by Crippen LogP contribution is -2.24. The van der Waals surface area contributed by atoms with E-state index in [1.54, 1.807) is 26.0 Å². The first-order valence-corrected chi connectivity index (χ1v) is 9.54. The number of nitrogens with one attached hydrogen (secondary N) is 2. The number of fused-ring (bicyclic) bond motifs is 1. The molecule has 2 N–H and O–H groups in total. The van der Waals surface area contributed by atoms with E-state index in [1.807, 2.05) is 30.3 Å². The van der Waals surface area contributed by atoms with Crippen molar-refractivity contribution in [3.8, 4) is 11.3 Å². The second-order valence-electron chi connectivity index (χ2n) is 6.90. The molecule has 1 aliphatic heterocycles. The van der Waals surface area contributed by atoms with E-state index in [0.29, 0.717) is 28.3 Å². The Hall–Kier alpha value is -3.94. The molecule has 1 atom stereocenters. The van der Waals surface area contributed by atoms with Crippen molar-refractivity contribution in [1.29, 1.82) is 0 Å². The Balaban J connectivity index is 1.96. The van der Waals surface area contributed by atoms with Crippen molar-refractivity contribution in [3.05, 3.63) is 87.1 Å². The molecule has 1 aromatic heterocycles. The maximum Gasteiger partial charge on any atom is 0.336 e. The normalized spacial score (nSPS) is 15.3. The number of nitro benzene ring substituents is 1. The lowest BCUT2D eigenvalue weighted by Gasteiger charge is -2.28. The molecule has 0 saturated carbocycles. The van der Waals surface area contributed by atoms with Crippen molar-refractivity contribution >= 4 is 17.5 Å². The molecular formula is C22H20N4O4. The zero-order chi connectivity index (χ0) is 21.3. The molecule has 30 heavy (non-hydrogen) atoms. The van der Waals surface area contributed by atoms with E-state index in [0.717, 1.165) is 11.1 Å². The fourth-order valence-corrected chi connectivity index (χ4v) is 3.79. The van der Waals surface area contributed by atoms with Gasteiger partial charge in [0, 0.05) is 34.9 Å². The number of ether oxygens (including phenoxy) is 1. The third-order valence-corrected chi connectivity index (χ3v) is 5.05. The van der Waals surface area contributed by atoms with Crippen LogP contribution in [0.4, 0.5) is 11.5 Å². The van der Waals surface area contributed by atoms with Crippen LogP contribution in [0.5, 0.6) is 0 Å². The lowest BCUT2D eigenvalue weighted by molar-refractivity contribution is -0.384. The highest BCUT2D eigenvalue weighted by atomic mass is 16.6. The van der Waals surface area contributed by atoms with Gasteiger partial charge in [-0.2, -0.15) is 5.10 Å². The predicted octanol–water partition coefficient (Wildman–Crippen LogP) is 4.38. The number of nitrogens with zero attached hydrogens (tertiary/aromatic N) is 2. The Morgan fingerprint density at radius 2 is 1.97 bits per heavy atom. The van der Waals surface area contributed by atoms with Crippen LogP contribution in [0.2, 0.25) is 0 Å². The van der Waals surface area contributed by atoms with Gasteiger partial charge in [0.25, 0.3) is 5.69 Å². The van der Waals surface area contributed by atoms with Crippen LogP contribution in [0.25, 0.3) is 11.3 Å². The summed E-state index contributed by atoms with van der Waals surface area (Å²) in [4.78, 5) is 23.8. The first kappa shape index (κ1) is 19.4. The molecule has 0 bridgehead atoms. The number of hydrogen-bond donors (Lipinski definition) is 2. The molecule has 3 aromatic rings. The van der Waals surface area contributed by atoms with Crippen LogP contribution >= 0.6 is 0 Å². The molecule has 152 valence electrons. The molecule has 8 nitrogen and oxygen atoms in total. The molecule has 0 spiro atoms. The number of carbonyl (C=O) groups is 1. The van der Waals surface area contributed by atoms with Crippen molar-refractivity contribution in [1.82, 2.24) is 10.2 Å². The Kier molecular flexibility index (Phi) is 5.05. The number of esters is 1. The zero-order valence-electron chi connectivity index (χ0n) is 16.5. The van der Waals surface area contributed by atoms with Gasteiger partial charge in [0.1, 0.15) is 5.82 Å². The summed E-state index contributed by atoms with van der Waals surface area (Å²) in [5, 5.41) is 22.1. The van der Waals surface area contributed by atoms with Crippen LogP contribution in [0.15, 0.2) is 65.9 Å². The van der Waals surface area contributed by atoms with E-state index < -0.39 is 16.8 Å². The number of hydrogen-bond acceptors (Lipinski definition) is 6. The first-order valence-electron chi connectivity index (χ1n) is 9.54. The molecule has 1 unspecified atom stereocenters. The van der Waals surface area contributed by atoms with Crippen molar-refractivity contribution < 1.29 is 14.5 Å². The topological polar surface area (TPSA) is 110 Å². The fourth-order valence-electron chi connectivity index (χ4n) is 3.79. The van der Waals surface area contributed by atoms with Gasteiger partial charge in [-0.1, -0.05) is 42.5 Å². The van der Waals surface area contributed by atoms with Crippen molar-refractivity contribution in [2.75, 3.05) is 11.9 Å². The van der Waals surface area contributed by atoms with Gasteiger partial charge in [0.2, 0.25) is 0 Å². The number of benzene rings is 2. The van der Waals surface area contributed by atoms with Crippen molar-refractivity contribution in [3.63, 3.8) is 0 Å². The fraction of sp³-hybridized carbons (Fsp3) is 0.182. The summed E-state index contributed by atoms with van der Waals surface area (Å²) < 4.78 is 5.32. The van der Waals surface area contributed by atoms with E-state index in [2.05, 4.69) is 15.5 Å². The van der Waals surface area contributed by atoms with Crippen LogP contribution in [0, 0.1) is 10.1 Å². The van der Waals surface area contributed by atoms with Gasteiger partial charge < -0.3 is 10.1 Å². The molecule has 4 rings (SSSR count). The molecule has 2 heterocycles. The molecular weight excluding hydrogens is 384 g/mol. The van der Waals surface area contributed by atoms with Crippen LogP contribution in [-0.2, 0) is 9.53 Å². The molecule has 2 aromatic carbocycles. The summed E-state index contributed by atoms with van der Waals surface area (Å²) >= 11 is 0. The quantitative estimate of drug-likeness (QED) is 0.371. The second kappa shape index (κ2) is 7.82. The van der Waals surface area contributed by atoms with Gasteiger partial charge in [0.15, 0.2) is 0 Å². The van der Waals surface area contributed by atoms with Gasteiger partial charge in [0.05, 0.1) is 22.8 Å². The highest BCUT2D eigenvalue weighted by Crippen LogP contribution is 2.46. The van der Waals surface area contributed by atoms with E-state index >= 15 is 0 Å². The highest BCUT2D eigenvalue weighted by Gasteiger charge is 2.37. The Morgan fingerprint density at radius 3 is 2.67 bits per heavy atom. The van der Waals surface area contributed by atoms with Crippen molar-refractivity contribution in [2.45, 2.75) is 19.8 Å². The molecule has 0 fully saturated rings. The molecule has 8 heteroatoms. The second-order valence-corrected chi connectivity index (χ2v) is 6.90. The van der Waals surface area contributed by atoms with Gasteiger partial charge in [-0.3, -0.25) is 15.2 Å². The minimum atomic E-state index is -0.575. The Labute approximate surface area is 172 Å². The summed E-state index contributed by atoms with van der Waals surface area (Å²) in [5.74, 6) is -0.394.